The van der Waals surface area contributed by atoms with Crippen molar-refractivity contribution >= 4 is 5.91 Å². The number of benzene rings is 1. The van der Waals surface area contributed by atoms with Gasteiger partial charge in [-0.1, -0.05) is 26.0 Å². The molecule has 19 heavy (non-hydrogen) atoms. The number of phenols is 1. The molecule has 1 aromatic carbocycles. The quantitative estimate of drug-likeness (QED) is 0.735. The summed E-state index contributed by atoms with van der Waals surface area (Å²) in [6.07, 6.45) is 2.22. The lowest BCUT2D eigenvalue weighted by molar-refractivity contribution is -0.124. The van der Waals surface area contributed by atoms with Gasteiger partial charge in [0, 0.05) is 5.54 Å². The Morgan fingerprint density at radius 1 is 1.32 bits per heavy atom. The molecule has 1 aromatic rings. The molecule has 4 heteroatoms. The van der Waals surface area contributed by atoms with Crippen molar-refractivity contribution in [3.05, 3.63) is 29.8 Å². The highest BCUT2D eigenvalue weighted by Gasteiger charge is 2.24. The van der Waals surface area contributed by atoms with Gasteiger partial charge in [0.15, 0.2) is 0 Å². The number of nitrogens with two attached hydrogens (primary N) is 1. The highest BCUT2D eigenvalue weighted by atomic mass is 16.3. The molecule has 0 saturated carbocycles. The standard InChI is InChI=1S/C15H24N2O2/c1-4-15(3,5-2)17-14(19)13(16)10-11-6-8-12(18)9-7-11/h6-9,13,18H,4-5,10,16H2,1-3H3,(H,17,19)/t13-/m0/s1. The van der Waals surface area contributed by atoms with Crippen molar-refractivity contribution in [2.75, 3.05) is 0 Å². The van der Waals surface area contributed by atoms with Crippen LogP contribution in [0.2, 0.25) is 0 Å². The Balaban J connectivity index is 2.60. The first-order chi connectivity index (χ1) is 8.90. The molecule has 1 atom stereocenters. The molecular formula is C15H24N2O2. The van der Waals surface area contributed by atoms with E-state index in [0.29, 0.717) is 6.42 Å². The van der Waals surface area contributed by atoms with E-state index in [2.05, 4.69) is 19.2 Å². The van der Waals surface area contributed by atoms with Crippen LogP contribution in [-0.2, 0) is 11.2 Å². The number of carbonyl (C=O) groups excluding carboxylic acids is 1. The molecule has 4 nitrogen and oxygen atoms in total. The number of hydrogen-bond donors (Lipinski definition) is 3. The first-order valence-corrected chi connectivity index (χ1v) is 6.75. The van der Waals surface area contributed by atoms with Crippen molar-refractivity contribution in [3.8, 4) is 5.75 Å². The minimum absolute atomic E-state index is 0.126. The molecule has 0 saturated heterocycles. The van der Waals surface area contributed by atoms with E-state index in [9.17, 15) is 9.90 Å². The Hall–Kier alpha value is -1.55. The summed E-state index contributed by atoms with van der Waals surface area (Å²) in [6.45, 7) is 6.13. The third-order valence-electron chi connectivity index (χ3n) is 3.71. The van der Waals surface area contributed by atoms with Gasteiger partial charge >= 0.3 is 0 Å². The normalized spacial score (nSPS) is 13.1. The van der Waals surface area contributed by atoms with Gasteiger partial charge in [0.25, 0.3) is 0 Å². The second-order valence-electron chi connectivity index (χ2n) is 5.23. The van der Waals surface area contributed by atoms with Crippen LogP contribution in [-0.4, -0.2) is 22.6 Å². The first kappa shape index (κ1) is 15.5. The molecule has 0 heterocycles. The molecule has 0 aliphatic carbocycles. The maximum absolute atomic E-state index is 12.1. The van der Waals surface area contributed by atoms with Crippen molar-refractivity contribution in [2.45, 2.75) is 51.6 Å². The zero-order valence-electron chi connectivity index (χ0n) is 11.9. The fourth-order valence-electron chi connectivity index (χ4n) is 1.80. The number of hydrogen-bond acceptors (Lipinski definition) is 3. The van der Waals surface area contributed by atoms with Crippen molar-refractivity contribution in [1.29, 1.82) is 0 Å². The zero-order chi connectivity index (χ0) is 14.5. The third-order valence-corrected chi connectivity index (χ3v) is 3.71. The smallest absolute Gasteiger partial charge is 0.237 e. The van der Waals surface area contributed by atoms with Gasteiger partial charge in [-0.05, 0) is 43.9 Å². The lowest BCUT2D eigenvalue weighted by Crippen LogP contribution is -2.52. The SMILES string of the molecule is CCC(C)(CC)NC(=O)[C@@H](N)Cc1ccc(O)cc1. The van der Waals surface area contributed by atoms with Crippen molar-refractivity contribution in [1.82, 2.24) is 5.32 Å². The molecule has 1 rings (SSSR count). The van der Waals surface area contributed by atoms with Gasteiger partial charge in [-0.3, -0.25) is 4.79 Å². The minimum Gasteiger partial charge on any atom is -0.508 e. The van der Waals surface area contributed by atoms with Crippen molar-refractivity contribution in [3.63, 3.8) is 0 Å². The van der Waals surface area contributed by atoms with Crippen LogP contribution in [0.15, 0.2) is 24.3 Å². The van der Waals surface area contributed by atoms with Gasteiger partial charge in [0.05, 0.1) is 6.04 Å². The fraction of sp³-hybridized carbons (Fsp3) is 0.533. The monoisotopic (exact) mass is 264 g/mol. The second-order valence-corrected chi connectivity index (χ2v) is 5.23. The van der Waals surface area contributed by atoms with Gasteiger partial charge in [0.2, 0.25) is 5.91 Å². The fourth-order valence-corrected chi connectivity index (χ4v) is 1.80. The van der Waals surface area contributed by atoms with E-state index in [4.69, 9.17) is 5.73 Å². The maximum atomic E-state index is 12.1. The van der Waals surface area contributed by atoms with E-state index < -0.39 is 6.04 Å². The molecule has 0 unspecified atom stereocenters. The zero-order valence-corrected chi connectivity index (χ0v) is 11.9. The number of aromatic hydroxyl groups is 1. The van der Waals surface area contributed by atoms with Crippen LogP contribution in [0.5, 0.6) is 5.75 Å². The van der Waals surface area contributed by atoms with Gasteiger partial charge in [-0.2, -0.15) is 0 Å². The maximum Gasteiger partial charge on any atom is 0.237 e. The molecule has 106 valence electrons. The molecule has 0 radical (unpaired) electrons. The summed E-state index contributed by atoms with van der Waals surface area (Å²) in [6, 6.07) is 6.19. The summed E-state index contributed by atoms with van der Waals surface area (Å²) < 4.78 is 0. The summed E-state index contributed by atoms with van der Waals surface area (Å²) in [7, 11) is 0. The summed E-state index contributed by atoms with van der Waals surface area (Å²) in [5.74, 6) is 0.0885. The second kappa shape index (κ2) is 6.57. The third kappa shape index (κ3) is 4.56. The average Bonchev–Trinajstić information content (AvgIpc) is 2.41. The van der Waals surface area contributed by atoms with Crippen molar-refractivity contribution < 1.29 is 9.90 Å². The molecule has 0 fully saturated rings. The molecule has 4 N–H and O–H groups in total. The number of carbonyl (C=O) groups is 1. The molecular weight excluding hydrogens is 240 g/mol. The molecule has 0 aromatic heterocycles. The summed E-state index contributed by atoms with van der Waals surface area (Å²) in [5, 5.41) is 12.2. The van der Waals surface area contributed by atoms with Crippen LogP contribution in [0.1, 0.15) is 39.2 Å². The van der Waals surface area contributed by atoms with Crippen LogP contribution in [0, 0.1) is 0 Å². The molecule has 0 aliphatic heterocycles. The van der Waals surface area contributed by atoms with Gasteiger partial charge in [0.1, 0.15) is 5.75 Å². The lowest BCUT2D eigenvalue weighted by atomic mass is 9.94. The number of phenolic OH excluding ortho intramolecular Hbond substituents is 1. The van der Waals surface area contributed by atoms with Crippen LogP contribution in [0.4, 0.5) is 0 Å². The van der Waals surface area contributed by atoms with Crippen LogP contribution < -0.4 is 11.1 Å². The Morgan fingerprint density at radius 2 is 1.84 bits per heavy atom. The minimum atomic E-state index is -0.568. The summed E-state index contributed by atoms with van der Waals surface area (Å²) in [4.78, 5) is 12.1. The van der Waals surface area contributed by atoms with Crippen LogP contribution in [0.25, 0.3) is 0 Å². The first-order valence-electron chi connectivity index (χ1n) is 6.75. The molecule has 0 bridgehead atoms. The number of nitrogens with one attached hydrogen (secondary N) is 1. The van der Waals surface area contributed by atoms with E-state index in [1.165, 1.54) is 0 Å². The predicted octanol–water partition coefficient (Wildman–Crippen LogP) is 1.96. The Morgan fingerprint density at radius 3 is 2.32 bits per heavy atom. The highest BCUT2D eigenvalue weighted by molar-refractivity contribution is 5.82. The van der Waals surface area contributed by atoms with E-state index in [1.54, 1.807) is 24.3 Å². The van der Waals surface area contributed by atoms with E-state index >= 15 is 0 Å². The van der Waals surface area contributed by atoms with Crippen LogP contribution >= 0.6 is 0 Å². The lowest BCUT2D eigenvalue weighted by Gasteiger charge is -2.29. The van der Waals surface area contributed by atoms with E-state index in [-0.39, 0.29) is 17.2 Å². The van der Waals surface area contributed by atoms with E-state index in [0.717, 1.165) is 18.4 Å². The van der Waals surface area contributed by atoms with E-state index in [1.807, 2.05) is 6.92 Å². The summed E-state index contributed by atoms with van der Waals surface area (Å²) >= 11 is 0. The average molecular weight is 264 g/mol. The summed E-state index contributed by atoms with van der Waals surface area (Å²) in [5.41, 5.74) is 6.68. The largest absolute Gasteiger partial charge is 0.508 e. The Bertz CT molecular complexity index is 411. The van der Waals surface area contributed by atoms with Gasteiger partial charge in [-0.25, -0.2) is 0 Å². The predicted molar refractivity (Wildman–Crippen MR) is 76.9 cm³/mol. The van der Waals surface area contributed by atoms with Gasteiger partial charge < -0.3 is 16.2 Å². The highest BCUT2D eigenvalue weighted by Crippen LogP contribution is 2.15. The molecule has 0 aliphatic rings. The van der Waals surface area contributed by atoms with Gasteiger partial charge in [-0.15, -0.1) is 0 Å². The van der Waals surface area contributed by atoms with Crippen LogP contribution in [0.3, 0.4) is 0 Å². The molecule has 1 amide bonds. The number of rotatable bonds is 6. The topological polar surface area (TPSA) is 75.4 Å². The van der Waals surface area contributed by atoms with Crippen molar-refractivity contribution in [2.24, 2.45) is 5.73 Å². The molecule has 0 spiro atoms. The number of amides is 1. The Kier molecular flexibility index (Phi) is 5.36. The Labute approximate surface area is 115 Å².